The van der Waals surface area contributed by atoms with Crippen LogP contribution in [-0.4, -0.2) is 6.61 Å². The average Bonchev–Trinajstić information content (AvgIpc) is 2.74. The molecule has 30 heavy (non-hydrogen) atoms. The fraction of sp³-hybridized carbons (Fsp3) is 0.125. The molecule has 3 aromatic carbocycles. The molecule has 0 radical (unpaired) electrons. The zero-order valence-corrected chi connectivity index (χ0v) is 17.7. The van der Waals surface area contributed by atoms with E-state index in [2.05, 4.69) is 22.0 Å². The third-order valence-electron chi connectivity index (χ3n) is 4.25. The van der Waals surface area contributed by atoms with Gasteiger partial charge in [0.1, 0.15) is 18.2 Å². The van der Waals surface area contributed by atoms with E-state index in [0.717, 1.165) is 5.56 Å². The number of allylic oxidation sites excluding steroid dienone is 1. The van der Waals surface area contributed by atoms with Crippen LogP contribution in [0.15, 0.2) is 65.1 Å². The Labute approximate surface area is 182 Å². The van der Waals surface area contributed by atoms with Crippen LogP contribution < -0.4 is 9.47 Å². The number of ether oxygens (including phenoxy) is 2. The van der Waals surface area contributed by atoms with Gasteiger partial charge in [-0.1, -0.05) is 40.2 Å². The topological polar surface area (TPSA) is 42.2 Å². The fourth-order valence-corrected chi connectivity index (χ4v) is 3.19. The van der Waals surface area contributed by atoms with Crippen molar-refractivity contribution in [1.82, 2.24) is 0 Å². The van der Waals surface area contributed by atoms with Gasteiger partial charge in [0.25, 0.3) is 0 Å². The van der Waals surface area contributed by atoms with Gasteiger partial charge in [-0.2, -0.15) is 5.26 Å². The zero-order chi connectivity index (χ0) is 21.5. The first-order valence-corrected chi connectivity index (χ1v) is 10.0. The number of nitriles is 1. The van der Waals surface area contributed by atoms with E-state index in [4.69, 9.17) is 9.47 Å². The van der Waals surface area contributed by atoms with E-state index in [1.165, 1.54) is 24.3 Å². The monoisotopic (exact) mass is 469 g/mol. The summed E-state index contributed by atoms with van der Waals surface area (Å²) in [7, 11) is 0. The number of nitrogens with zero attached hydrogens (tertiary/aromatic N) is 1. The van der Waals surface area contributed by atoms with Crippen LogP contribution in [0.1, 0.15) is 23.6 Å². The maximum atomic E-state index is 13.2. The first-order chi connectivity index (χ1) is 14.5. The minimum atomic E-state index is -0.362. The number of hydrogen-bond acceptors (Lipinski definition) is 3. The minimum absolute atomic E-state index is 0.251. The van der Waals surface area contributed by atoms with E-state index in [0.29, 0.717) is 39.3 Å². The molecule has 0 aromatic heterocycles. The summed E-state index contributed by atoms with van der Waals surface area (Å²) >= 11 is 3.51. The number of hydrogen-bond donors (Lipinski definition) is 0. The molecule has 0 amide bonds. The molecule has 0 saturated carbocycles. The lowest BCUT2D eigenvalue weighted by atomic mass is 10.0. The highest BCUT2D eigenvalue weighted by Gasteiger charge is 2.12. The maximum Gasteiger partial charge on any atom is 0.162 e. The molecule has 0 aliphatic rings. The highest BCUT2D eigenvalue weighted by molar-refractivity contribution is 9.10. The van der Waals surface area contributed by atoms with E-state index in [-0.39, 0.29) is 18.2 Å². The molecule has 0 unspecified atom stereocenters. The minimum Gasteiger partial charge on any atom is -0.490 e. The first-order valence-electron chi connectivity index (χ1n) is 9.21. The molecule has 0 heterocycles. The lowest BCUT2D eigenvalue weighted by Crippen LogP contribution is -2.00. The van der Waals surface area contributed by atoms with Crippen molar-refractivity contribution in [2.75, 3.05) is 6.61 Å². The third-order valence-corrected chi connectivity index (χ3v) is 4.93. The van der Waals surface area contributed by atoms with Crippen molar-refractivity contribution >= 4 is 27.6 Å². The van der Waals surface area contributed by atoms with Gasteiger partial charge in [0.05, 0.1) is 18.2 Å². The Balaban J connectivity index is 1.90. The van der Waals surface area contributed by atoms with E-state index in [9.17, 15) is 14.0 Å². The van der Waals surface area contributed by atoms with E-state index in [1.54, 1.807) is 42.5 Å². The molecule has 152 valence electrons. The molecule has 0 atom stereocenters. The van der Waals surface area contributed by atoms with Crippen molar-refractivity contribution < 1.29 is 18.3 Å². The predicted octanol–water partition coefficient (Wildman–Crippen LogP) is 6.77. The zero-order valence-electron chi connectivity index (χ0n) is 16.2. The molecule has 0 fully saturated rings. The third kappa shape index (κ3) is 5.46. The van der Waals surface area contributed by atoms with Gasteiger partial charge < -0.3 is 9.47 Å². The highest BCUT2D eigenvalue weighted by Crippen LogP contribution is 2.36. The predicted molar refractivity (Wildman–Crippen MR) is 116 cm³/mol. The van der Waals surface area contributed by atoms with Crippen molar-refractivity contribution in [3.8, 4) is 17.6 Å². The van der Waals surface area contributed by atoms with Crippen molar-refractivity contribution in [2.45, 2.75) is 13.5 Å². The van der Waals surface area contributed by atoms with Crippen LogP contribution in [0.3, 0.4) is 0 Å². The molecule has 0 bridgehead atoms. The second kappa shape index (κ2) is 10.0. The van der Waals surface area contributed by atoms with Crippen LogP contribution in [0.2, 0.25) is 0 Å². The SMILES string of the molecule is CCOc1cc(/C=C(\C#N)c2ccc(F)cc2)c(Br)cc1OCc1ccc(F)cc1. The van der Waals surface area contributed by atoms with Gasteiger partial charge in [0, 0.05) is 4.47 Å². The van der Waals surface area contributed by atoms with Crippen LogP contribution in [-0.2, 0) is 6.61 Å². The molecule has 0 N–H and O–H groups in total. The number of halogens is 3. The molecule has 0 spiro atoms. The largest absolute Gasteiger partial charge is 0.490 e. The van der Waals surface area contributed by atoms with E-state index in [1.807, 2.05) is 6.92 Å². The molecule has 0 saturated heterocycles. The van der Waals surface area contributed by atoms with Crippen LogP contribution in [0.4, 0.5) is 8.78 Å². The van der Waals surface area contributed by atoms with Gasteiger partial charge in [-0.15, -0.1) is 0 Å². The Morgan fingerprint density at radius 1 is 0.967 bits per heavy atom. The summed E-state index contributed by atoms with van der Waals surface area (Å²) < 4.78 is 38.5. The molecule has 0 aliphatic heterocycles. The molecular formula is C24H18BrF2NO2. The summed E-state index contributed by atoms with van der Waals surface area (Å²) in [6, 6.07) is 17.5. The average molecular weight is 470 g/mol. The van der Waals surface area contributed by atoms with Gasteiger partial charge in [-0.25, -0.2) is 8.78 Å². The summed E-state index contributed by atoms with van der Waals surface area (Å²) in [5.41, 5.74) is 2.54. The lowest BCUT2D eigenvalue weighted by Gasteiger charge is -2.14. The van der Waals surface area contributed by atoms with E-state index >= 15 is 0 Å². The molecular weight excluding hydrogens is 452 g/mol. The van der Waals surface area contributed by atoms with Crippen LogP contribution in [0.5, 0.6) is 11.5 Å². The Morgan fingerprint density at radius 3 is 2.17 bits per heavy atom. The van der Waals surface area contributed by atoms with Gasteiger partial charge >= 0.3 is 0 Å². The summed E-state index contributed by atoms with van der Waals surface area (Å²) in [5, 5.41) is 9.55. The summed E-state index contributed by atoms with van der Waals surface area (Å²) in [6.45, 7) is 2.54. The molecule has 3 aromatic rings. The molecule has 6 heteroatoms. The quantitative estimate of drug-likeness (QED) is 0.283. The standard InChI is InChI=1S/C24H18BrF2NO2/c1-2-29-23-12-18(11-19(14-28)17-5-9-21(27)10-6-17)22(25)13-24(23)30-15-16-3-7-20(26)8-4-16/h3-13H,2,15H2,1H3/b19-11+. The first kappa shape index (κ1) is 21.5. The second-order valence-corrected chi connectivity index (χ2v) is 7.20. The fourth-order valence-electron chi connectivity index (χ4n) is 2.75. The number of benzene rings is 3. The number of rotatable bonds is 7. The van der Waals surface area contributed by atoms with Crippen LogP contribution >= 0.6 is 15.9 Å². The Kier molecular flexibility index (Phi) is 7.21. The Morgan fingerprint density at radius 2 is 1.57 bits per heavy atom. The van der Waals surface area contributed by atoms with Crippen molar-refractivity contribution in [3.05, 3.63) is 93.5 Å². The smallest absolute Gasteiger partial charge is 0.162 e. The van der Waals surface area contributed by atoms with Gasteiger partial charge in [0.2, 0.25) is 0 Å². The van der Waals surface area contributed by atoms with Crippen molar-refractivity contribution in [3.63, 3.8) is 0 Å². The molecule has 3 nitrogen and oxygen atoms in total. The summed E-state index contributed by atoms with van der Waals surface area (Å²) in [6.07, 6.45) is 1.70. The Bertz CT molecular complexity index is 1090. The van der Waals surface area contributed by atoms with Gasteiger partial charge in [-0.05, 0) is 66.1 Å². The molecule has 3 rings (SSSR count). The van der Waals surface area contributed by atoms with Gasteiger partial charge in [0.15, 0.2) is 11.5 Å². The lowest BCUT2D eigenvalue weighted by molar-refractivity contribution is 0.269. The molecule has 0 aliphatic carbocycles. The van der Waals surface area contributed by atoms with E-state index < -0.39 is 0 Å². The van der Waals surface area contributed by atoms with Gasteiger partial charge in [-0.3, -0.25) is 0 Å². The van der Waals surface area contributed by atoms with Crippen LogP contribution in [0, 0.1) is 23.0 Å². The maximum absolute atomic E-state index is 13.2. The van der Waals surface area contributed by atoms with Crippen molar-refractivity contribution in [1.29, 1.82) is 5.26 Å². The highest BCUT2D eigenvalue weighted by atomic mass is 79.9. The van der Waals surface area contributed by atoms with Crippen LogP contribution in [0.25, 0.3) is 11.6 Å². The Hall–Kier alpha value is -3.17. The second-order valence-electron chi connectivity index (χ2n) is 6.35. The summed E-state index contributed by atoms with van der Waals surface area (Å²) in [4.78, 5) is 0. The van der Waals surface area contributed by atoms with Crippen molar-refractivity contribution in [2.24, 2.45) is 0 Å². The summed E-state index contributed by atoms with van der Waals surface area (Å²) in [5.74, 6) is 0.372. The normalized spacial score (nSPS) is 11.1.